The molecule has 3 N–H and O–H groups in total. The first-order valence-corrected chi connectivity index (χ1v) is 15.4. The number of imidazole rings is 1. The van der Waals surface area contributed by atoms with E-state index in [-0.39, 0.29) is 35.4 Å². The number of nitrogens with zero attached hydrogens (tertiary/aromatic N) is 3. The van der Waals surface area contributed by atoms with Gasteiger partial charge in [-0.1, -0.05) is 6.07 Å². The molecule has 1 saturated heterocycles. The molecule has 2 aromatic carbocycles. The van der Waals surface area contributed by atoms with E-state index < -0.39 is 23.1 Å². The van der Waals surface area contributed by atoms with Crippen molar-refractivity contribution in [2.24, 2.45) is 11.8 Å². The number of likely N-dealkylation sites (tertiary alicyclic amines) is 1. The predicted molar refractivity (Wildman–Crippen MR) is 163 cm³/mol. The van der Waals surface area contributed by atoms with E-state index in [2.05, 4.69) is 21.6 Å². The SMILES string of the molecule is CC(C)NC(=O)C1CCC(n2c(NC(=O)c3cc(F)cc(F)c3)nc3ccc(CN4CCC(C(C)(C)O)CC4)cc32)CC1. The molecule has 232 valence electrons. The van der Waals surface area contributed by atoms with Crippen LogP contribution in [0, 0.1) is 23.5 Å². The van der Waals surface area contributed by atoms with Gasteiger partial charge in [0.1, 0.15) is 11.6 Å². The van der Waals surface area contributed by atoms with Gasteiger partial charge in [-0.3, -0.25) is 19.8 Å². The summed E-state index contributed by atoms with van der Waals surface area (Å²) in [4.78, 5) is 32.9. The van der Waals surface area contributed by atoms with E-state index in [0.29, 0.717) is 24.3 Å². The number of benzene rings is 2. The summed E-state index contributed by atoms with van der Waals surface area (Å²) in [5.41, 5.74) is 1.90. The summed E-state index contributed by atoms with van der Waals surface area (Å²) >= 11 is 0. The maximum atomic E-state index is 13.9. The number of halogens is 2. The summed E-state index contributed by atoms with van der Waals surface area (Å²) in [7, 11) is 0. The lowest BCUT2D eigenvalue weighted by atomic mass is 9.83. The lowest BCUT2D eigenvalue weighted by Gasteiger charge is -2.37. The van der Waals surface area contributed by atoms with Gasteiger partial charge in [0.2, 0.25) is 11.9 Å². The Morgan fingerprint density at radius 1 is 1.00 bits per heavy atom. The number of nitrogens with one attached hydrogen (secondary N) is 2. The van der Waals surface area contributed by atoms with Gasteiger partial charge in [-0.05, 0) is 115 Å². The van der Waals surface area contributed by atoms with E-state index in [0.717, 1.165) is 74.6 Å². The van der Waals surface area contributed by atoms with E-state index in [1.165, 1.54) is 0 Å². The number of aromatic nitrogens is 2. The Morgan fingerprint density at radius 3 is 2.26 bits per heavy atom. The Hall–Kier alpha value is -3.37. The topological polar surface area (TPSA) is 99.5 Å². The van der Waals surface area contributed by atoms with E-state index in [1.807, 2.05) is 44.4 Å². The Kier molecular flexibility index (Phi) is 9.18. The number of fused-ring (bicyclic) bond motifs is 1. The molecule has 2 amide bonds. The molecule has 1 aliphatic heterocycles. The van der Waals surface area contributed by atoms with Crippen LogP contribution in [0.1, 0.15) is 88.2 Å². The molecule has 1 aromatic heterocycles. The van der Waals surface area contributed by atoms with E-state index >= 15 is 0 Å². The molecule has 1 saturated carbocycles. The minimum atomic E-state index is -0.826. The Balaban J connectivity index is 1.41. The van der Waals surface area contributed by atoms with E-state index in [1.54, 1.807) is 0 Å². The largest absolute Gasteiger partial charge is 0.390 e. The number of anilines is 1. The van der Waals surface area contributed by atoms with Crippen LogP contribution in [0.5, 0.6) is 0 Å². The van der Waals surface area contributed by atoms with Gasteiger partial charge in [0.15, 0.2) is 0 Å². The second-order valence-electron chi connectivity index (χ2n) is 13.1. The van der Waals surface area contributed by atoms with Crippen LogP contribution in [0.4, 0.5) is 14.7 Å². The van der Waals surface area contributed by atoms with Gasteiger partial charge < -0.3 is 15.0 Å². The van der Waals surface area contributed by atoms with Crippen LogP contribution in [-0.4, -0.2) is 56.1 Å². The molecular weight excluding hydrogens is 552 g/mol. The summed E-state index contributed by atoms with van der Waals surface area (Å²) in [6.45, 7) is 10.2. The van der Waals surface area contributed by atoms with Gasteiger partial charge in [-0.2, -0.15) is 0 Å². The quantitative estimate of drug-likeness (QED) is 0.306. The van der Waals surface area contributed by atoms with Crippen LogP contribution in [0.25, 0.3) is 11.0 Å². The van der Waals surface area contributed by atoms with Crippen LogP contribution >= 0.6 is 0 Å². The molecule has 0 spiro atoms. The van der Waals surface area contributed by atoms with Crippen molar-refractivity contribution in [1.82, 2.24) is 19.8 Å². The van der Waals surface area contributed by atoms with Gasteiger partial charge >= 0.3 is 0 Å². The molecule has 0 unspecified atom stereocenters. The molecule has 2 fully saturated rings. The first kappa shape index (κ1) is 31.1. The van der Waals surface area contributed by atoms with Crippen molar-refractivity contribution < 1.29 is 23.5 Å². The van der Waals surface area contributed by atoms with Crippen molar-refractivity contribution in [2.45, 2.75) is 90.4 Å². The van der Waals surface area contributed by atoms with E-state index in [9.17, 15) is 23.5 Å². The third-order valence-electron chi connectivity index (χ3n) is 8.96. The van der Waals surface area contributed by atoms with Crippen molar-refractivity contribution >= 4 is 28.8 Å². The Morgan fingerprint density at radius 2 is 1.65 bits per heavy atom. The maximum absolute atomic E-state index is 13.9. The van der Waals surface area contributed by atoms with Crippen LogP contribution in [0.2, 0.25) is 0 Å². The average Bonchev–Trinajstić information content (AvgIpc) is 3.29. The molecule has 2 aliphatic rings. The molecule has 0 bridgehead atoms. The zero-order valence-electron chi connectivity index (χ0n) is 25.5. The van der Waals surface area contributed by atoms with Gasteiger partial charge in [0.05, 0.1) is 16.6 Å². The minimum Gasteiger partial charge on any atom is -0.390 e. The number of amides is 2. The summed E-state index contributed by atoms with van der Waals surface area (Å²) < 4.78 is 29.8. The average molecular weight is 596 g/mol. The van der Waals surface area contributed by atoms with Gasteiger partial charge in [-0.25, -0.2) is 13.8 Å². The molecule has 1 aliphatic carbocycles. The zero-order chi connectivity index (χ0) is 30.9. The number of hydrogen-bond acceptors (Lipinski definition) is 5. The highest BCUT2D eigenvalue weighted by atomic mass is 19.1. The van der Waals surface area contributed by atoms with Crippen molar-refractivity contribution in [2.75, 3.05) is 18.4 Å². The monoisotopic (exact) mass is 595 g/mol. The smallest absolute Gasteiger partial charge is 0.258 e. The molecule has 43 heavy (non-hydrogen) atoms. The minimum absolute atomic E-state index is 0.00886. The molecule has 2 heterocycles. The molecule has 3 aromatic rings. The number of rotatable bonds is 8. The van der Waals surface area contributed by atoms with Crippen LogP contribution in [0.15, 0.2) is 36.4 Å². The third kappa shape index (κ3) is 7.41. The highest BCUT2D eigenvalue weighted by Crippen LogP contribution is 2.37. The van der Waals surface area contributed by atoms with Crippen LogP contribution in [-0.2, 0) is 11.3 Å². The maximum Gasteiger partial charge on any atom is 0.258 e. The van der Waals surface area contributed by atoms with Crippen molar-refractivity contribution in [3.8, 4) is 0 Å². The molecule has 0 atom stereocenters. The Labute approximate surface area is 251 Å². The second-order valence-corrected chi connectivity index (χ2v) is 13.1. The summed E-state index contributed by atoms with van der Waals surface area (Å²) in [5, 5.41) is 16.3. The predicted octanol–water partition coefficient (Wildman–Crippen LogP) is 5.81. The summed E-state index contributed by atoms with van der Waals surface area (Å²) in [6, 6.07) is 8.91. The zero-order valence-corrected chi connectivity index (χ0v) is 25.5. The lowest BCUT2D eigenvalue weighted by Crippen LogP contribution is -2.41. The van der Waals surface area contributed by atoms with E-state index in [4.69, 9.17) is 4.98 Å². The lowest BCUT2D eigenvalue weighted by molar-refractivity contribution is -0.126. The fourth-order valence-electron chi connectivity index (χ4n) is 6.61. The Bertz CT molecular complexity index is 1440. The molecule has 5 rings (SSSR count). The second kappa shape index (κ2) is 12.7. The molecule has 10 heteroatoms. The standard InChI is InChI=1S/C33H43F2N5O3/c1-20(2)36-30(41)22-6-8-27(9-7-22)40-29-15-21(19-39-13-11-24(12-14-39)33(3,4)43)5-10-28(29)37-32(40)38-31(42)23-16-25(34)18-26(35)17-23/h5,10,15-18,20,22,24,27,43H,6-9,11-14,19H2,1-4H3,(H,36,41)(H,37,38,42). The highest BCUT2D eigenvalue weighted by Gasteiger charge is 2.32. The van der Waals surface area contributed by atoms with Gasteiger partial charge in [-0.15, -0.1) is 0 Å². The number of hydrogen-bond donors (Lipinski definition) is 3. The highest BCUT2D eigenvalue weighted by molar-refractivity contribution is 6.04. The van der Waals surface area contributed by atoms with Gasteiger partial charge in [0.25, 0.3) is 5.91 Å². The van der Waals surface area contributed by atoms with Crippen LogP contribution in [0.3, 0.4) is 0 Å². The summed E-state index contributed by atoms with van der Waals surface area (Å²) in [6.07, 6.45) is 4.76. The number of aliphatic hydroxyl groups is 1. The van der Waals surface area contributed by atoms with Crippen molar-refractivity contribution in [1.29, 1.82) is 0 Å². The number of piperidine rings is 1. The normalized spacial score (nSPS) is 20.5. The number of carbonyl (C=O) groups is 2. The summed E-state index contributed by atoms with van der Waals surface area (Å²) in [5.74, 6) is -1.69. The molecule has 8 nitrogen and oxygen atoms in total. The molecule has 0 radical (unpaired) electrons. The first-order chi connectivity index (χ1) is 20.4. The first-order valence-electron chi connectivity index (χ1n) is 15.4. The van der Waals surface area contributed by atoms with Crippen molar-refractivity contribution in [3.63, 3.8) is 0 Å². The fraction of sp³-hybridized carbons (Fsp3) is 0.545. The van der Waals surface area contributed by atoms with Crippen LogP contribution < -0.4 is 10.6 Å². The number of carbonyl (C=O) groups excluding carboxylic acids is 2. The van der Waals surface area contributed by atoms with Gasteiger partial charge in [0, 0.05) is 36.2 Å². The molecular formula is C33H43F2N5O3. The van der Waals surface area contributed by atoms with Crippen molar-refractivity contribution in [3.05, 3.63) is 59.2 Å². The fourth-order valence-corrected chi connectivity index (χ4v) is 6.61. The third-order valence-corrected chi connectivity index (χ3v) is 8.96.